The van der Waals surface area contributed by atoms with Crippen LogP contribution in [0.25, 0.3) is 0 Å². The first kappa shape index (κ1) is 17.5. The van der Waals surface area contributed by atoms with Gasteiger partial charge in [0.25, 0.3) is 5.91 Å². The summed E-state index contributed by atoms with van der Waals surface area (Å²) in [6.45, 7) is 2.09. The second kappa shape index (κ2) is 8.67. The lowest BCUT2D eigenvalue weighted by atomic mass is 10.1. The molecule has 0 aliphatic heterocycles. The summed E-state index contributed by atoms with van der Waals surface area (Å²) in [5, 5.41) is 4.32. The molecule has 0 radical (unpaired) electrons. The third kappa shape index (κ3) is 4.79. The topological polar surface area (TPSA) is 50.7 Å². The number of nitrogens with one attached hydrogen (secondary N) is 1. The van der Waals surface area contributed by atoms with Crippen LogP contribution >= 0.6 is 22.6 Å². The number of hydrogen-bond acceptors (Lipinski definition) is 3. The fraction of sp³-hybridized carbons (Fsp3) is 0.222. The molecule has 1 N–H and O–H groups in total. The molecule has 4 nitrogen and oxygen atoms in total. The van der Waals surface area contributed by atoms with Crippen molar-refractivity contribution < 1.29 is 9.53 Å². The number of ether oxygens (including phenoxy) is 1. The van der Waals surface area contributed by atoms with Gasteiger partial charge in [-0.2, -0.15) is 5.10 Å². The Bertz CT molecular complexity index is 699. The van der Waals surface area contributed by atoms with Crippen LogP contribution in [-0.4, -0.2) is 18.7 Å². The van der Waals surface area contributed by atoms with Gasteiger partial charge >= 0.3 is 0 Å². The van der Waals surface area contributed by atoms with Crippen molar-refractivity contribution in [2.45, 2.75) is 19.8 Å². The molecule has 2 rings (SSSR count). The van der Waals surface area contributed by atoms with E-state index in [-0.39, 0.29) is 5.91 Å². The third-order valence-corrected chi connectivity index (χ3v) is 4.14. The van der Waals surface area contributed by atoms with Crippen molar-refractivity contribution in [2.24, 2.45) is 5.10 Å². The van der Waals surface area contributed by atoms with Gasteiger partial charge < -0.3 is 4.74 Å². The monoisotopic (exact) mass is 422 g/mol. The maximum Gasteiger partial charge on any atom is 0.271 e. The number of hydrogen-bond donors (Lipinski definition) is 1. The molecule has 0 atom stereocenters. The van der Waals surface area contributed by atoms with Gasteiger partial charge in [-0.1, -0.05) is 43.7 Å². The number of benzene rings is 2. The second-order valence-electron chi connectivity index (χ2n) is 4.96. The molecule has 1 amide bonds. The zero-order valence-electron chi connectivity index (χ0n) is 13.2. The Balaban J connectivity index is 2.16. The molecule has 2 aromatic rings. The molecule has 0 saturated heterocycles. The molecule has 0 aliphatic carbocycles. The Kier molecular flexibility index (Phi) is 6.58. The number of rotatable bonds is 6. The van der Waals surface area contributed by atoms with E-state index < -0.39 is 0 Å². The summed E-state index contributed by atoms with van der Waals surface area (Å²) in [7, 11) is 1.61. The highest BCUT2D eigenvalue weighted by molar-refractivity contribution is 14.1. The molecule has 120 valence electrons. The highest BCUT2D eigenvalue weighted by Crippen LogP contribution is 2.21. The van der Waals surface area contributed by atoms with E-state index in [0.29, 0.717) is 5.56 Å². The molecule has 5 heteroatoms. The number of nitrogens with zero attached hydrogens (tertiary/aromatic N) is 1. The Morgan fingerprint density at radius 3 is 2.52 bits per heavy atom. The minimum atomic E-state index is -0.227. The van der Waals surface area contributed by atoms with Gasteiger partial charge in [-0.05, 0) is 52.8 Å². The highest BCUT2D eigenvalue weighted by atomic mass is 127. The van der Waals surface area contributed by atoms with Crippen LogP contribution in [0.2, 0.25) is 0 Å². The predicted molar refractivity (Wildman–Crippen MR) is 101 cm³/mol. The van der Waals surface area contributed by atoms with E-state index in [1.54, 1.807) is 25.3 Å². The molecule has 0 heterocycles. The minimum Gasteiger partial charge on any atom is -0.496 e. The average Bonchev–Trinajstić information content (AvgIpc) is 2.59. The van der Waals surface area contributed by atoms with Gasteiger partial charge in [-0.3, -0.25) is 4.79 Å². The molecule has 2 aromatic carbocycles. The van der Waals surface area contributed by atoms with Crippen molar-refractivity contribution in [3.63, 3.8) is 0 Å². The van der Waals surface area contributed by atoms with Crippen LogP contribution in [0.4, 0.5) is 0 Å². The van der Waals surface area contributed by atoms with Crippen LogP contribution in [0.5, 0.6) is 5.75 Å². The summed E-state index contributed by atoms with van der Waals surface area (Å²) >= 11 is 2.14. The molecule has 0 spiro atoms. The fourth-order valence-corrected chi connectivity index (χ4v) is 2.86. The number of halogens is 1. The van der Waals surface area contributed by atoms with Gasteiger partial charge in [0.2, 0.25) is 0 Å². The first-order valence-corrected chi connectivity index (χ1v) is 8.49. The first-order valence-electron chi connectivity index (χ1n) is 7.41. The van der Waals surface area contributed by atoms with Crippen molar-refractivity contribution in [1.82, 2.24) is 5.43 Å². The summed E-state index contributed by atoms with van der Waals surface area (Å²) in [4.78, 5) is 12.3. The van der Waals surface area contributed by atoms with Gasteiger partial charge in [0.05, 0.1) is 16.4 Å². The van der Waals surface area contributed by atoms with Crippen LogP contribution in [0.15, 0.2) is 53.6 Å². The van der Waals surface area contributed by atoms with Gasteiger partial charge in [-0.15, -0.1) is 0 Å². The molecule has 0 unspecified atom stereocenters. The lowest BCUT2D eigenvalue weighted by Crippen LogP contribution is -2.20. The maximum absolute atomic E-state index is 12.3. The summed E-state index contributed by atoms with van der Waals surface area (Å²) in [6, 6.07) is 15.2. The molecule has 0 aliphatic rings. The lowest BCUT2D eigenvalue weighted by molar-refractivity contribution is 0.0954. The van der Waals surface area contributed by atoms with Crippen LogP contribution in [0.1, 0.15) is 35.7 Å². The van der Waals surface area contributed by atoms with E-state index in [4.69, 9.17) is 4.74 Å². The maximum atomic E-state index is 12.3. The largest absolute Gasteiger partial charge is 0.496 e. The lowest BCUT2D eigenvalue weighted by Gasteiger charge is -2.08. The van der Waals surface area contributed by atoms with E-state index in [1.165, 1.54) is 0 Å². The van der Waals surface area contributed by atoms with E-state index in [9.17, 15) is 4.79 Å². The van der Waals surface area contributed by atoms with Gasteiger partial charge in [-0.25, -0.2) is 5.43 Å². The van der Waals surface area contributed by atoms with Crippen LogP contribution in [-0.2, 0) is 0 Å². The fourth-order valence-electron chi connectivity index (χ4n) is 2.12. The Morgan fingerprint density at radius 1 is 1.17 bits per heavy atom. The Morgan fingerprint density at radius 2 is 1.91 bits per heavy atom. The van der Waals surface area contributed by atoms with Crippen molar-refractivity contribution in [2.75, 3.05) is 7.11 Å². The molecule has 0 bridgehead atoms. The molecular weight excluding hydrogens is 403 g/mol. The number of carbonyl (C=O) groups excluding carboxylic acids is 1. The van der Waals surface area contributed by atoms with Crippen molar-refractivity contribution in [1.29, 1.82) is 0 Å². The number of carbonyl (C=O) groups is 1. The van der Waals surface area contributed by atoms with Crippen LogP contribution < -0.4 is 10.2 Å². The Labute approximate surface area is 150 Å². The summed E-state index contributed by atoms with van der Waals surface area (Å²) in [6.07, 6.45) is 1.77. The Hall–Kier alpha value is -1.89. The van der Waals surface area contributed by atoms with E-state index in [0.717, 1.165) is 33.4 Å². The van der Waals surface area contributed by atoms with E-state index in [2.05, 4.69) is 40.0 Å². The minimum absolute atomic E-state index is 0.227. The molecule has 0 saturated carbocycles. The normalized spacial score (nSPS) is 11.2. The van der Waals surface area contributed by atoms with Gasteiger partial charge in [0.15, 0.2) is 0 Å². The quantitative estimate of drug-likeness (QED) is 0.430. The van der Waals surface area contributed by atoms with Crippen molar-refractivity contribution >= 4 is 34.2 Å². The zero-order chi connectivity index (χ0) is 16.7. The number of methoxy groups -OCH3 is 1. The molecular formula is C18H19IN2O2. The van der Waals surface area contributed by atoms with E-state index >= 15 is 0 Å². The van der Waals surface area contributed by atoms with Crippen molar-refractivity contribution in [3.8, 4) is 5.75 Å². The van der Waals surface area contributed by atoms with E-state index in [1.807, 2.05) is 30.3 Å². The van der Waals surface area contributed by atoms with Gasteiger partial charge in [0.1, 0.15) is 5.75 Å². The molecule has 0 aromatic heterocycles. The molecule has 23 heavy (non-hydrogen) atoms. The zero-order valence-corrected chi connectivity index (χ0v) is 15.3. The average molecular weight is 422 g/mol. The molecule has 0 fully saturated rings. The van der Waals surface area contributed by atoms with Gasteiger partial charge in [0, 0.05) is 5.56 Å². The number of hydrazone groups is 1. The predicted octanol–water partition coefficient (Wildman–Crippen LogP) is 4.23. The summed E-state index contributed by atoms with van der Waals surface area (Å²) in [5.74, 6) is 0.525. The standard InChI is InChI=1S/C18H19IN2O2/c1-3-7-16(13-8-5-4-6-9-13)20-21-18(22)14-10-11-17(23-2)15(19)12-14/h4-6,8-12H,3,7H2,1-2H3,(H,21,22)/b20-16-. The highest BCUT2D eigenvalue weighted by Gasteiger charge is 2.09. The van der Waals surface area contributed by atoms with Crippen molar-refractivity contribution in [3.05, 3.63) is 63.2 Å². The second-order valence-corrected chi connectivity index (χ2v) is 6.13. The van der Waals surface area contributed by atoms with Crippen LogP contribution in [0, 0.1) is 3.57 Å². The first-order chi connectivity index (χ1) is 11.2. The number of amides is 1. The summed E-state index contributed by atoms with van der Waals surface area (Å²) < 4.78 is 6.09. The smallest absolute Gasteiger partial charge is 0.271 e. The van der Waals surface area contributed by atoms with Crippen LogP contribution in [0.3, 0.4) is 0 Å². The summed E-state index contributed by atoms with van der Waals surface area (Å²) in [5.41, 5.74) is 5.12. The SMILES string of the molecule is CCC/C(=N/NC(=O)c1ccc(OC)c(I)c1)c1ccccc1. The third-order valence-electron chi connectivity index (χ3n) is 3.30.